The Morgan fingerprint density at radius 2 is 2.16 bits per heavy atom. The van der Waals surface area contributed by atoms with Gasteiger partial charge in [-0.3, -0.25) is 9.89 Å². The summed E-state index contributed by atoms with van der Waals surface area (Å²) in [6.45, 7) is 0.421. The van der Waals surface area contributed by atoms with Crippen LogP contribution in [-0.4, -0.2) is 33.8 Å². The highest BCUT2D eigenvalue weighted by atomic mass is 79.9. The van der Waals surface area contributed by atoms with Crippen LogP contribution in [0.1, 0.15) is 5.82 Å². The first-order valence-electron chi connectivity index (χ1n) is 7.73. The lowest BCUT2D eigenvalue weighted by Gasteiger charge is -2.10. The van der Waals surface area contributed by atoms with Crippen LogP contribution in [-0.2, 0) is 18.3 Å². The number of halogens is 1. The van der Waals surface area contributed by atoms with Gasteiger partial charge in [0.1, 0.15) is 11.6 Å². The number of rotatable bonds is 6. The minimum absolute atomic E-state index is 0.0457. The number of aromatic amines is 1. The molecule has 0 aliphatic heterocycles. The van der Waals surface area contributed by atoms with E-state index in [0.29, 0.717) is 23.5 Å². The van der Waals surface area contributed by atoms with Crippen molar-refractivity contribution in [2.75, 3.05) is 13.2 Å². The van der Waals surface area contributed by atoms with Gasteiger partial charge in [0.2, 0.25) is 0 Å². The predicted molar refractivity (Wildman–Crippen MR) is 102 cm³/mol. The molecule has 2 N–H and O–H groups in total. The van der Waals surface area contributed by atoms with Gasteiger partial charge in [-0.2, -0.15) is 5.10 Å². The highest BCUT2D eigenvalue weighted by Gasteiger charge is 2.09. The Kier molecular flexibility index (Phi) is 5.50. The van der Waals surface area contributed by atoms with E-state index in [-0.39, 0.29) is 12.5 Å². The first kappa shape index (κ1) is 17.6. The number of nitrogens with zero attached hydrogens (tertiary/aromatic N) is 2. The SMILES string of the molecule is Cn1c(CCNC(=O)COc2ccc3ccccc3c2Br)n[nH]c1=S. The van der Waals surface area contributed by atoms with Crippen molar-refractivity contribution in [1.29, 1.82) is 0 Å². The molecule has 3 rings (SSSR count). The number of carbonyl (C=O) groups is 1. The number of amides is 1. The number of nitrogens with one attached hydrogen (secondary N) is 2. The van der Waals surface area contributed by atoms with Gasteiger partial charge in [-0.15, -0.1) is 0 Å². The Morgan fingerprint density at radius 3 is 2.92 bits per heavy atom. The second kappa shape index (κ2) is 7.79. The molecule has 0 fully saturated rings. The maximum atomic E-state index is 12.0. The lowest BCUT2D eigenvalue weighted by atomic mass is 10.1. The van der Waals surface area contributed by atoms with E-state index < -0.39 is 0 Å². The van der Waals surface area contributed by atoms with Crippen molar-refractivity contribution < 1.29 is 9.53 Å². The van der Waals surface area contributed by atoms with Gasteiger partial charge in [-0.1, -0.05) is 30.3 Å². The molecule has 6 nitrogen and oxygen atoms in total. The fraction of sp³-hybridized carbons (Fsp3) is 0.235. The third-order valence-corrected chi connectivity index (χ3v) is 5.01. The van der Waals surface area contributed by atoms with E-state index in [1.165, 1.54) is 0 Å². The fourth-order valence-corrected chi connectivity index (χ4v) is 3.20. The molecule has 0 aliphatic carbocycles. The maximum Gasteiger partial charge on any atom is 0.257 e. The van der Waals surface area contributed by atoms with E-state index in [4.69, 9.17) is 17.0 Å². The van der Waals surface area contributed by atoms with E-state index in [2.05, 4.69) is 31.4 Å². The molecule has 0 radical (unpaired) electrons. The molecule has 0 unspecified atom stereocenters. The summed E-state index contributed by atoms with van der Waals surface area (Å²) in [6.07, 6.45) is 0.592. The minimum atomic E-state index is -0.183. The van der Waals surface area contributed by atoms with Crippen LogP contribution in [0.15, 0.2) is 40.9 Å². The van der Waals surface area contributed by atoms with Gasteiger partial charge in [0.25, 0.3) is 5.91 Å². The second-order valence-electron chi connectivity index (χ2n) is 5.49. The van der Waals surface area contributed by atoms with Gasteiger partial charge < -0.3 is 14.6 Å². The molecule has 8 heteroatoms. The number of carbonyl (C=O) groups excluding carboxylic acids is 1. The molecule has 0 saturated heterocycles. The summed E-state index contributed by atoms with van der Waals surface area (Å²) in [4.78, 5) is 12.0. The summed E-state index contributed by atoms with van der Waals surface area (Å²) in [5.74, 6) is 1.25. The lowest BCUT2D eigenvalue weighted by Crippen LogP contribution is -2.31. The van der Waals surface area contributed by atoms with Crippen LogP contribution in [0, 0.1) is 4.77 Å². The number of H-pyrrole nitrogens is 1. The van der Waals surface area contributed by atoms with Crippen LogP contribution < -0.4 is 10.1 Å². The summed E-state index contributed by atoms with van der Waals surface area (Å²) in [5, 5.41) is 11.8. The molecule has 0 bridgehead atoms. The standard InChI is InChI=1S/C17H17BrN4O2S/c1-22-14(20-21-17(22)25)8-9-19-15(23)10-24-13-7-6-11-4-2-3-5-12(11)16(13)18/h2-7H,8-10H2,1H3,(H,19,23)(H,21,25). The van der Waals surface area contributed by atoms with Crippen molar-refractivity contribution in [3.8, 4) is 5.75 Å². The van der Waals surface area contributed by atoms with Crippen LogP contribution in [0.25, 0.3) is 10.8 Å². The number of hydrogen-bond acceptors (Lipinski definition) is 4. The summed E-state index contributed by atoms with van der Waals surface area (Å²) < 4.78 is 8.82. The van der Waals surface area contributed by atoms with Crippen LogP contribution >= 0.6 is 28.1 Å². The number of hydrogen-bond donors (Lipinski definition) is 2. The van der Waals surface area contributed by atoms with Gasteiger partial charge in [-0.05, 0) is 45.0 Å². The van der Waals surface area contributed by atoms with Gasteiger partial charge in [0, 0.05) is 20.0 Å². The quantitative estimate of drug-likeness (QED) is 0.600. The predicted octanol–water partition coefficient (Wildman–Crippen LogP) is 3.13. The lowest BCUT2D eigenvalue weighted by molar-refractivity contribution is -0.123. The van der Waals surface area contributed by atoms with Crippen molar-refractivity contribution in [1.82, 2.24) is 20.1 Å². The average Bonchev–Trinajstić information content (AvgIpc) is 2.93. The van der Waals surface area contributed by atoms with E-state index in [1.807, 2.05) is 43.4 Å². The molecule has 130 valence electrons. The minimum Gasteiger partial charge on any atom is -0.483 e. The van der Waals surface area contributed by atoms with Crippen molar-refractivity contribution >= 4 is 44.8 Å². The molecule has 1 heterocycles. The first-order valence-corrected chi connectivity index (χ1v) is 8.93. The van der Waals surface area contributed by atoms with E-state index in [0.717, 1.165) is 21.1 Å². The Balaban J connectivity index is 1.53. The van der Waals surface area contributed by atoms with Crippen molar-refractivity contribution in [3.63, 3.8) is 0 Å². The number of ether oxygens (including phenoxy) is 1. The zero-order valence-corrected chi connectivity index (χ0v) is 16.0. The molecular weight excluding hydrogens is 404 g/mol. The van der Waals surface area contributed by atoms with Gasteiger partial charge >= 0.3 is 0 Å². The topological polar surface area (TPSA) is 71.9 Å². The molecule has 0 saturated carbocycles. The Hall–Kier alpha value is -2.19. The molecular formula is C17H17BrN4O2S. The fourth-order valence-electron chi connectivity index (χ4n) is 2.44. The number of aromatic nitrogens is 3. The largest absolute Gasteiger partial charge is 0.483 e. The summed E-state index contributed by atoms with van der Waals surface area (Å²) >= 11 is 8.60. The summed E-state index contributed by atoms with van der Waals surface area (Å²) in [6, 6.07) is 11.8. The number of benzene rings is 2. The molecule has 0 aliphatic rings. The Labute approximate surface area is 158 Å². The maximum absolute atomic E-state index is 12.0. The molecule has 3 aromatic rings. The van der Waals surface area contributed by atoms with Crippen molar-refractivity contribution in [2.45, 2.75) is 6.42 Å². The normalized spacial score (nSPS) is 10.8. The van der Waals surface area contributed by atoms with Gasteiger partial charge in [-0.25, -0.2) is 0 Å². The number of fused-ring (bicyclic) bond motifs is 1. The monoisotopic (exact) mass is 420 g/mol. The van der Waals surface area contributed by atoms with Crippen LogP contribution in [0.2, 0.25) is 0 Å². The van der Waals surface area contributed by atoms with Crippen molar-refractivity contribution in [3.05, 3.63) is 51.5 Å². The summed E-state index contributed by atoms with van der Waals surface area (Å²) in [5.41, 5.74) is 0. The summed E-state index contributed by atoms with van der Waals surface area (Å²) in [7, 11) is 1.84. The van der Waals surface area contributed by atoms with E-state index in [1.54, 1.807) is 4.57 Å². The Bertz CT molecular complexity index is 967. The highest BCUT2D eigenvalue weighted by Crippen LogP contribution is 2.32. The molecule has 0 atom stereocenters. The first-order chi connectivity index (χ1) is 12.1. The zero-order chi connectivity index (χ0) is 17.8. The van der Waals surface area contributed by atoms with Crippen LogP contribution in [0.5, 0.6) is 5.75 Å². The second-order valence-corrected chi connectivity index (χ2v) is 6.67. The third-order valence-electron chi connectivity index (χ3n) is 3.83. The molecule has 2 aromatic carbocycles. The van der Waals surface area contributed by atoms with Gasteiger partial charge in [0.05, 0.1) is 4.47 Å². The van der Waals surface area contributed by atoms with E-state index >= 15 is 0 Å². The Morgan fingerprint density at radius 1 is 1.36 bits per heavy atom. The van der Waals surface area contributed by atoms with Crippen molar-refractivity contribution in [2.24, 2.45) is 7.05 Å². The average molecular weight is 421 g/mol. The van der Waals surface area contributed by atoms with Crippen LogP contribution in [0.4, 0.5) is 0 Å². The van der Waals surface area contributed by atoms with Gasteiger partial charge in [0.15, 0.2) is 11.4 Å². The van der Waals surface area contributed by atoms with Crippen LogP contribution in [0.3, 0.4) is 0 Å². The molecule has 1 aromatic heterocycles. The molecule has 0 spiro atoms. The zero-order valence-electron chi connectivity index (χ0n) is 13.6. The highest BCUT2D eigenvalue weighted by molar-refractivity contribution is 9.10. The third kappa shape index (κ3) is 4.08. The molecule has 25 heavy (non-hydrogen) atoms. The molecule has 1 amide bonds. The smallest absolute Gasteiger partial charge is 0.257 e. The van der Waals surface area contributed by atoms with E-state index in [9.17, 15) is 4.79 Å².